The molecule has 0 aliphatic carbocycles. The molecule has 2 fully saturated rings. The summed E-state index contributed by atoms with van der Waals surface area (Å²) >= 11 is 7.37. The summed E-state index contributed by atoms with van der Waals surface area (Å²) in [6, 6.07) is 14.2. The number of ether oxygens (including phenoxy) is 1. The van der Waals surface area contributed by atoms with Gasteiger partial charge in [0.05, 0.1) is 10.6 Å². The van der Waals surface area contributed by atoms with Crippen molar-refractivity contribution in [1.82, 2.24) is 9.62 Å². The van der Waals surface area contributed by atoms with E-state index >= 15 is 0 Å². The molecule has 1 amide bonds. The van der Waals surface area contributed by atoms with E-state index in [0.29, 0.717) is 41.1 Å². The van der Waals surface area contributed by atoms with Crippen molar-refractivity contribution in [1.29, 1.82) is 0 Å². The third-order valence-corrected chi connectivity index (χ3v) is 12.3. The Kier molecular flexibility index (Phi) is 11.0. The molecule has 0 bridgehead atoms. The van der Waals surface area contributed by atoms with Gasteiger partial charge in [0.25, 0.3) is 0 Å². The van der Waals surface area contributed by atoms with Crippen molar-refractivity contribution in [2.24, 2.45) is 5.92 Å². The number of aliphatic carboxylic acids is 1. The fourth-order valence-electron chi connectivity index (χ4n) is 6.35. The number of sulfonamides is 1. The van der Waals surface area contributed by atoms with E-state index in [-0.39, 0.29) is 39.3 Å². The Balaban J connectivity index is 1.24. The number of carboxylic acid groups (broad SMARTS) is 2. The maximum absolute atomic E-state index is 13.7. The van der Waals surface area contributed by atoms with Gasteiger partial charge in [-0.05, 0) is 88.0 Å². The van der Waals surface area contributed by atoms with E-state index in [9.17, 15) is 27.9 Å². The maximum atomic E-state index is 13.7. The average molecular weight is 719 g/mol. The molecule has 2 aliphatic heterocycles. The van der Waals surface area contributed by atoms with Crippen LogP contribution in [0, 0.1) is 5.92 Å². The van der Waals surface area contributed by atoms with Gasteiger partial charge in [-0.2, -0.15) is 4.31 Å². The van der Waals surface area contributed by atoms with Gasteiger partial charge in [0.15, 0.2) is 17.2 Å². The van der Waals surface area contributed by atoms with Crippen LogP contribution in [0.4, 0.5) is 11.4 Å². The standard InChI is InChI=1S/C33H39ClN4O8S2/c1-33(2)17-25(36-24-8-4-6-22(16-24)29-27(34)28(46-18-26(39)40)30(47-29)32(42)43)11-14-38(33)48(44,45)19-20-5-3-7-23(15-20)37-31(41)21-9-12-35-13-10-21/h3-8,15-16,21,25,35-36H,9-14,17-19H2,1-2H3,(H,37,41)(H,39,40)(H,42,43)/t25-/m0/s1. The van der Waals surface area contributed by atoms with Crippen molar-refractivity contribution >= 4 is 62.2 Å². The van der Waals surface area contributed by atoms with Crippen LogP contribution < -0.4 is 20.7 Å². The van der Waals surface area contributed by atoms with E-state index in [1.165, 1.54) is 0 Å². The lowest BCUT2D eigenvalue weighted by Crippen LogP contribution is -2.55. The first-order valence-corrected chi connectivity index (χ1v) is 18.4. The first-order chi connectivity index (χ1) is 22.7. The highest BCUT2D eigenvalue weighted by Crippen LogP contribution is 2.46. The molecule has 2 aliphatic rings. The molecule has 258 valence electrons. The van der Waals surface area contributed by atoms with Gasteiger partial charge in [-0.25, -0.2) is 18.0 Å². The van der Waals surface area contributed by atoms with Gasteiger partial charge in [-0.3, -0.25) is 4.79 Å². The summed E-state index contributed by atoms with van der Waals surface area (Å²) in [5.74, 6) is -3.02. The Labute approximate surface area is 288 Å². The summed E-state index contributed by atoms with van der Waals surface area (Å²) in [7, 11) is -3.70. The molecule has 0 unspecified atom stereocenters. The summed E-state index contributed by atoms with van der Waals surface area (Å²) in [5.41, 5.74) is 1.85. The molecule has 1 atom stereocenters. The molecule has 48 heavy (non-hydrogen) atoms. The number of nitrogens with one attached hydrogen (secondary N) is 3. The van der Waals surface area contributed by atoms with Crippen LogP contribution in [-0.4, -0.2) is 78.6 Å². The van der Waals surface area contributed by atoms with E-state index in [0.717, 1.165) is 43.0 Å². The Morgan fingerprint density at radius 1 is 1.06 bits per heavy atom. The topological polar surface area (TPSA) is 174 Å². The highest BCUT2D eigenvalue weighted by atomic mass is 35.5. The second-order valence-electron chi connectivity index (χ2n) is 12.7. The predicted octanol–water partition coefficient (Wildman–Crippen LogP) is 5.35. The molecular formula is C33H39ClN4O8S2. The van der Waals surface area contributed by atoms with Gasteiger partial charge in [-0.15, -0.1) is 11.3 Å². The largest absolute Gasteiger partial charge is 0.479 e. The van der Waals surface area contributed by atoms with Gasteiger partial charge in [-0.1, -0.05) is 35.9 Å². The molecule has 2 saturated heterocycles. The summed E-state index contributed by atoms with van der Waals surface area (Å²) in [5, 5.41) is 28.3. The zero-order valence-electron chi connectivity index (χ0n) is 26.6. The van der Waals surface area contributed by atoms with Gasteiger partial charge in [0, 0.05) is 35.4 Å². The molecule has 3 heterocycles. The van der Waals surface area contributed by atoms with Crippen LogP contribution in [0.2, 0.25) is 5.02 Å². The first kappa shape index (κ1) is 35.6. The van der Waals surface area contributed by atoms with Gasteiger partial charge in [0.2, 0.25) is 15.9 Å². The number of aromatic carboxylic acids is 1. The van der Waals surface area contributed by atoms with E-state index in [1.54, 1.807) is 40.7 Å². The lowest BCUT2D eigenvalue weighted by Gasteiger charge is -2.45. The number of amides is 1. The molecule has 12 nitrogen and oxygen atoms in total. The van der Waals surface area contributed by atoms with Crippen molar-refractivity contribution < 1.29 is 37.8 Å². The van der Waals surface area contributed by atoms with E-state index < -0.39 is 34.1 Å². The van der Waals surface area contributed by atoms with Gasteiger partial charge in [0.1, 0.15) is 5.02 Å². The van der Waals surface area contributed by atoms with Crippen LogP contribution >= 0.6 is 22.9 Å². The number of anilines is 2. The van der Waals surface area contributed by atoms with Crippen molar-refractivity contribution in [3.05, 3.63) is 64.0 Å². The number of thiophene rings is 1. The van der Waals surface area contributed by atoms with Crippen LogP contribution in [0.25, 0.3) is 10.4 Å². The lowest BCUT2D eigenvalue weighted by atomic mass is 9.89. The summed E-state index contributed by atoms with van der Waals surface area (Å²) in [6.07, 6.45) is 2.62. The minimum Gasteiger partial charge on any atom is -0.479 e. The second-order valence-corrected chi connectivity index (χ2v) is 16.0. The Bertz CT molecular complexity index is 1790. The Morgan fingerprint density at radius 2 is 1.77 bits per heavy atom. The molecule has 1 aromatic heterocycles. The number of carbonyl (C=O) groups excluding carboxylic acids is 1. The molecule has 0 spiro atoms. The number of nitrogens with zero attached hydrogens (tertiary/aromatic N) is 1. The summed E-state index contributed by atoms with van der Waals surface area (Å²) in [6.45, 7) is 4.99. The van der Waals surface area contributed by atoms with Crippen LogP contribution in [0.3, 0.4) is 0 Å². The van der Waals surface area contributed by atoms with Gasteiger partial charge < -0.3 is 30.9 Å². The maximum Gasteiger partial charge on any atom is 0.349 e. The number of rotatable bonds is 12. The quantitative estimate of drug-likeness (QED) is 0.164. The van der Waals surface area contributed by atoms with Crippen LogP contribution in [0.15, 0.2) is 48.5 Å². The van der Waals surface area contributed by atoms with E-state index in [4.69, 9.17) is 21.4 Å². The molecule has 3 aromatic rings. The van der Waals surface area contributed by atoms with Crippen LogP contribution in [0.5, 0.6) is 5.75 Å². The first-order valence-electron chi connectivity index (χ1n) is 15.6. The normalized spacial score (nSPS) is 18.6. The molecular weight excluding hydrogens is 680 g/mol. The lowest BCUT2D eigenvalue weighted by molar-refractivity contribution is -0.139. The molecule has 5 rings (SSSR count). The highest BCUT2D eigenvalue weighted by molar-refractivity contribution is 7.88. The molecule has 0 radical (unpaired) electrons. The second kappa shape index (κ2) is 14.8. The third-order valence-electron chi connectivity index (χ3n) is 8.53. The number of carbonyl (C=O) groups is 3. The number of piperidine rings is 2. The van der Waals surface area contributed by atoms with Crippen molar-refractivity contribution in [2.75, 3.05) is 36.9 Å². The predicted molar refractivity (Wildman–Crippen MR) is 186 cm³/mol. The van der Waals surface area contributed by atoms with Crippen LogP contribution in [0.1, 0.15) is 54.8 Å². The Hall–Kier alpha value is -3.69. The van der Waals surface area contributed by atoms with Crippen molar-refractivity contribution in [3.8, 4) is 16.2 Å². The Morgan fingerprint density at radius 3 is 2.46 bits per heavy atom. The van der Waals surface area contributed by atoms with Gasteiger partial charge >= 0.3 is 11.9 Å². The number of carboxylic acids is 2. The van der Waals surface area contributed by atoms with Crippen LogP contribution in [-0.2, 0) is 25.4 Å². The third kappa shape index (κ3) is 8.47. The number of benzene rings is 2. The molecule has 15 heteroatoms. The average Bonchev–Trinajstić information content (AvgIpc) is 3.36. The molecule has 0 saturated carbocycles. The van der Waals surface area contributed by atoms with Crippen molar-refractivity contribution in [2.45, 2.75) is 56.9 Å². The minimum atomic E-state index is -3.70. The van der Waals surface area contributed by atoms with E-state index in [1.807, 2.05) is 26.0 Å². The zero-order chi connectivity index (χ0) is 34.6. The highest BCUT2D eigenvalue weighted by Gasteiger charge is 2.41. The number of halogens is 1. The molecule has 5 N–H and O–H groups in total. The van der Waals surface area contributed by atoms with Crippen molar-refractivity contribution in [3.63, 3.8) is 0 Å². The van der Waals surface area contributed by atoms with E-state index in [2.05, 4.69) is 16.0 Å². The monoisotopic (exact) mass is 718 g/mol. The smallest absolute Gasteiger partial charge is 0.349 e. The SMILES string of the molecule is CC1(C)C[C@@H](Nc2cccc(-c3sc(C(=O)O)c(OCC(=O)O)c3Cl)c2)CCN1S(=O)(=O)Cc1cccc(NC(=O)C2CCNCC2)c1. The summed E-state index contributed by atoms with van der Waals surface area (Å²) < 4.78 is 34.2. The summed E-state index contributed by atoms with van der Waals surface area (Å²) in [4.78, 5) is 35.8. The number of hydrogen-bond acceptors (Lipinski definition) is 9. The zero-order valence-corrected chi connectivity index (χ0v) is 29.0. The minimum absolute atomic E-state index is 0.0186. The fraction of sp³-hybridized carbons (Fsp3) is 0.424. The molecule has 2 aromatic carbocycles. The fourth-order valence-corrected chi connectivity index (χ4v) is 9.72. The number of hydrogen-bond donors (Lipinski definition) is 5.